The summed E-state index contributed by atoms with van der Waals surface area (Å²) in [5, 5.41) is 8.13. The number of rotatable bonds is 2. The van der Waals surface area contributed by atoms with Crippen molar-refractivity contribution >= 4 is 35.7 Å². The second-order valence-electron chi connectivity index (χ2n) is 3.43. The second-order valence-corrected chi connectivity index (χ2v) is 3.43. The van der Waals surface area contributed by atoms with Gasteiger partial charge >= 0.3 is 0 Å². The molecular weight excluding hydrogens is 233 g/mol. The van der Waals surface area contributed by atoms with E-state index in [4.69, 9.17) is 5.73 Å². The number of H-pyrrole nitrogens is 1. The molecule has 0 radical (unpaired) electrons. The van der Waals surface area contributed by atoms with Gasteiger partial charge in [-0.2, -0.15) is 5.10 Å². The molecule has 0 aliphatic heterocycles. The number of benzene rings is 1. The zero-order valence-corrected chi connectivity index (χ0v) is 10.1. The Kier molecular flexibility index (Phi) is 5.65. The van der Waals surface area contributed by atoms with Crippen LogP contribution in [0.25, 0.3) is 10.9 Å². The highest BCUT2D eigenvalue weighted by Gasteiger charge is 2.03. The number of hydrogen-bond donors (Lipinski definition) is 2. The van der Waals surface area contributed by atoms with Gasteiger partial charge in [0.25, 0.3) is 0 Å². The first-order valence-corrected chi connectivity index (χ1v) is 4.44. The Bertz CT molecular complexity index is 412. The van der Waals surface area contributed by atoms with Crippen LogP contribution in [0, 0.1) is 0 Å². The van der Waals surface area contributed by atoms with Gasteiger partial charge in [0.2, 0.25) is 0 Å². The lowest BCUT2D eigenvalue weighted by Crippen LogP contribution is -2.17. The van der Waals surface area contributed by atoms with Crippen molar-refractivity contribution in [1.82, 2.24) is 10.2 Å². The summed E-state index contributed by atoms with van der Waals surface area (Å²) in [5.74, 6) is 0. The van der Waals surface area contributed by atoms with Gasteiger partial charge < -0.3 is 5.73 Å². The number of hydrogen-bond acceptors (Lipinski definition) is 2. The molecule has 3 N–H and O–H groups in total. The summed E-state index contributed by atoms with van der Waals surface area (Å²) < 4.78 is 0. The van der Waals surface area contributed by atoms with Gasteiger partial charge in [0.05, 0.1) is 11.7 Å². The molecule has 1 atom stereocenters. The van der Waals surface area contributed by atoms with Gasteiger partial charge in [0, 0.05) is 11.4 Å². The van der Waals surface area contributed by atoms with E-state index >= 15 is 0 Å². The van der Waals surface area contributed by atoms with Crippen LogP contribution < -0.4 is 5.73 Å². The minimum absolute atomic E-state index is 0. The van der Waals surface area contributed by atoms with Crippen molar-refractivity contribution in [2.45, 2.75) is 19.4 Å². The van der Waals surface area contributed by atoms with Crippen LogP contribution in [0.3, 0.4) is 0 Å². The highest BCUT2D eigenvalue weighted by atomic mass is 35.5. The maximum Gasteiger partial charge on any atom is 0.0653 e. The average molecular weight is 248 g/mol. The van der Waals surface area contributed by atoms with E-state index in [9.17, 15) is 0 Å². The van der Waals surface area contributed by atoms with Gasteiger partial charge in [-0.1, -0.05) is 12.1 Å². The van der Waals surface area contributed by atoms with Crippen LogP contribution in [-0.4, -0.2) is 16.2 Å². The summed E-state index contributed by atoms with van der Waals surface area (Å²) in [4.78, 5) is 0. The maximum atomic E-state index is 5.75. The fourth-order valence-corrected chi connectivity index (χ4v) is 1.55. The predicted octanol–water partition coefficient (Wildman–Crippen LogP) is 2.30. The Labute approximate surface area is 101 Å². The number of aromatic amines is 1. The van der Waals surface area contributed by atoms with E-state index in [1.807, 2.05) is 25.3 Å². The van der Waals surface area contributed by atoms with E-state index in [2.05, 4.69) is 16.3 Å². The van der Waals surface area contributed by atoms with Gasteiger partial charge in [0.15, 0.2) is 0 Å². The molecular formula is C10H15Cl2N3. The first-order valence-electron chi connectivity index (χ1n) is 4.44. The largest absolute Gasteiger partial charge is 0.328 e. The monoisotopic (exact) mass is 247 g/mol. The molecule has 2 rings (SSSR count). The number of halogens is 2. The smallest absolute Gasteiger partial charge is 0.0653 e. The first kappa shape index (κ1) is 14.2. The Hall–Kier alpha value is -0.770. The molecule has 0 saturated carbocycles. The number of nitrogens with one attached hydrogen (secondary N) is 1. The van der Waals surface area contributed by atoms with Crippen molar-refractivity contribution in [3.05, 3.63) is 30.0 Å². The van der Waals surface area contributed by atoms with E-state index in [0.717, 1.165) is 11.9 Å². The zero-order valence-electron chi connectivity index (χ0n) is 8.43. The fraction of sp³-hybridized carbons (Fsp3) is 0.300. The van der Waals surface area contributed by atoms with Crippen LogP contribution >= 0.6 is 24.8 Å². The topological polar surface area (TPSA) is 54.7 Å². The van der Waals surface area contributed by atoms with E-state index < -0.39 is 0 Å². The maximum absolute atomic E-state index is 5.75. The molecule has 15 heavy (non-hydrogen) atoms. The quantitative estimate of drug-likeness (QED) is 0.856. The highest BCUT2D eigenvalue weighted by molar-refractivity contribution is 5.85. The van der Waals surface area contributed by atoms with E-state index in [1.165, 1.54) is 10.9 Å². The second kappa shape index (κ2) is 5.95. The summed E-state index contributed by atoms with van der Waals surface area (Å²) in [5.41, 5.74) is 8.10. The lowest BCUT2D eigenvalue weighted by molar-refractivity contribution is 0.742. The molecule has 1 aromatic heterocycles. The molecule has 1 unspecified atom stereocenters. The minimum atomic E-state index is 0. The van der Waals surface area contributed by atoms with Crippen molar-refractivity contribution in [3.8, 4) is 0 Å². The molecule has 0 spiro atoms. The van der Waals surface area contributed by atoms with Crippen LogP contribution in [0.2, 0.25) is 0 Å². The van der Waals surface area contributed by atoms with Crippen molar-refractivity contribution < 1.29 is 0 Å². The van der Waals surface area contributed by atoms with E-state index in [-0.39, 0.29) is 30.9 Å². The predicted molar refractivity (Wildman–Crippen MR) is 67.9 cm³/mol. The lowest BCUT2D eigenvalue weighted by atomic mass is 10.0. The summed E-state index contributed by atoms with van der Waals surface area (Å²) in [7, 11) is 0. The van der Waals surface area contributed by atoms with Crippen molar-refractivity contribution in [1.29, 1.82) is 0 Å². The lowest BCUT2D eigenvalue weighted by Gasteiger charge is -2.05. The third kappa shape index (κ3) is 3.09. The van der Waals surface area contributed by atoms with Crippen molar-refractivity contribution in [3.63, 3.8) is 0 Å². The van der Waals surface area contributed by atoms with Crippen LogP contribution in [0.4, 0.5) is 0 Å². The third-order valence-corrected chi connectivity index (χ3v) is 2.12. The molecule has 1 aromatic carbocycles. The number of nitrogens with two attached hydrogens (primary N) is 1. The highest BCUT2D eigenvalue weighted by Crippen LogP contribution is 2.16. The fourth-order valence-electron chi connectivity index (χ4n) is 1.55. The Balaban J connectivity index is 0.000000980. The van der Waals surface area contributed by atoms with E-state index in [1.54, 1.807) is 0 Å². The Morgan fingerprint density at radius 1 is 1.40 bits per heavy atom. The third-order valence-electron chi connectivity index (χ3n) is 2.12. The molecule has 2 aromatic rings. The number of nitrogens with zero attached hydrogens (tertiary/aromatic N) is 1. The van der Waals surface area contributed by atoms with Crippen LogP contribution in [0.5, 0.6) is 0 Å². The van der Waals surface area contributed by atoms with Gasteiger partial charge in [-0.3, -0.25) is 5.10 Å². The normalized spacial score (nSPS) is 11.6. The summed E-state index contributed by atoms with van der Waals surface area (Å²) in [6.45, 7) is 2.01. The first-order chi connectivity index (χ1) is 6.27. The molecule has 0 saturated heterocycles. The molecule has 84 valence electrons. The van der Waals surface area contributed by atoms with Crippen molar-refractivity contribution in [2.24, 2.45) is 5.73 Å². The number of aromatic nitrogens is 2. The van der Waals surface area contributed by atoms with Gasteiger partial charge in [0.1, 0.15) is 0 Å². The SMILES string of the molecule is CC(N)Cc1cccc2[nH]ncc12.Cl.Cl. The van der Waals surface area contributed by atoms with Gasteiger partial charge in [-0.05, 0) is 25.0 Å². The minimum Gasteiger partial charge on any atom is -0.328 e. The molecule has 0 aliphatic carbocycles. The average Bonchev–Trinajstić information content (AvgIpc) is 2.51. The zero-order chi connectivity index (χ0) is 9.26. The Morgan fingerprint density at radius 2 is 2.13 bits per heavy atom. The summed E-state index contributed by atoms with van der Waals surface area (Å²) in [6.07, 6.45) is 2.75. The molecule has 1 heterocycles. The standard InChI is InChI=1S/C10H13N3.2ClH/c1-7(11)5-8-3-2-4-10-9(8)6-12-13-10;;/h2-4,6-7H,5,11H2,1H3,(H,12,13);2*1H. The molecule has 0 bridgehead atoms. The number of fused-ring (bicyclic) bond motifs is 1. The summed E-state index contributed by atoms with van der Waals surface area (Å²) >= 11 is 0. The molecule has 0 aliphatic rings. The van der Waals surface area contributed by atoms with Gasteiger partial charge in [-0.25, -0.2) is 0 Å². The molecule has 0 fully saturated rings. The van der Waals surface area contributed by atoms with Crippen LogP contribution in [0.1, 0.15) is 12.5 Å². The molecule has 5 heteroatoms. The molecule has 0 amide bonds. The van der Waals surface area contributed by atoms with Crippen LogP contribution in [0.15, 0.2) is 24.4 Å². The Morgan fingerprint density at radius 3 is 2.80 bits per heavy atom. The van der Waals surface area contributed by atoms with Crippen molar-refractivity contribution in [2.75, 3.05) is 0 Å². The summed E-state index contributed by atoms with van der Waals surface area (Å²) in [6, 6.07) is 6.34. The van der Waals surface area contributed by atoms with E-state index in [0.29, 0.717) is 0 Å². The van der Waals surface area contributed by atoms with Gasteiger partial charge in [-0.15, -0.1) is 24.8 Å². The molecule has 3 nitrogen and oxygen atoms in total. The van der Waals surface area contributed by atoms with Crippen LogP contribution in [-0.2, 0) is 6.42 Å².